The number of ether oxygens (including phenoxy) is 1. The summed E-state index contributed by atoms with van der Waals surface area (Å²) in [5, 5.41) is 0.681. The molecule has 1 amide bonds. The molecule has 0 bridgehead atoms. The van der Waals surface area contributed by atoms with E-state index in [-0.39, 0.29) is 5.91 Å². The number of para-hydroxylation sites is 1. The Balaban J connectivity index is 1.39. The second-order valence-corrected chi connectivity index (χ2v) is 10.5. The van der Waals surface area contributed by atoms with Crippen molar-refractivity contribution in [2.45, 2.75) is 13.8 Å². The summed E-state index contributed by atoms with van der Waals surface area (Å²) in [4.78, 5) is 22.4. The first-order chi connectivity index (χ1) is 16.9. The number of likely N-dealkylation sites (N-methyl/N-ethyl adjacent to an activating group) is 1. The normalized spacial score (nSPS) is 18.8. The average Bonchev–Trinajstić information content (AvgIpc) is 3.30. The van der Waals surface area contributed by atoms with Crippen LogP contribution in [0.2, 0.25) is 0 Å². The van der Waals surface area contributed by atoms with Crippen molar-refractivity contribution in [3.8, 4) is 5.69 Å². The van der Waals surface area contributed by atoms with Crippen LogP contribution in [0, 0.1) is 13.8 Å². The van der Waals surface area contributed by atoms with Crippen LogP contribution in [0.1, 0.15) is 17.0 Å². The van der Waals surface area contributed by atoms with Gasteiger partial charge in [0.15, 0.2) is 5.17 Å². The van der Waals surface area contributed by atoms with Crippen molar-refractivity contribution < 1.29 is 9.53 Å². The van der Waals surface area contributed by atoms with Crippen LogP contribution in [0.15, 0.2) is 69.0 Å². The number of aliphatic imine (C=N–C) groups is 1. The van der Waals surface area contributed by atoms with E-state index in [0.717, 1.165) is 59.1 Å². The topological polar surface area (TPSA) is 50.1 Å². The van der Waals surface area contributed by atoms with Gasteiger partial charge in [-0.3, -0.25) is 9.69 Å². The fourth-order valence-corrected chi connectivity index (χ4v) is 5.84. The number of aryl methyl sites for hydroxylation is 1. The largest absolute Gasteiger partial charge is 0.378 e. The molecule has 2 aromatic carbocycles. The minimum Gasteiger partial charge on any atom is -0.378 e. The number of halogens is 1. The summed E-state index contributed by atoms with van der Waals surface area (Å²) in [7, 11) is 1.78. The molecule has 5 rings (SSSR count). The summed E-state index contributed by atoms with van der Waals surface area (Å²) in [6.45, 7) is 7.48. The Kier molecular flexibility index (Phi) is 6.86. The van der Waals surface area contributed by atoms with Crippen LogP contribution in [0.3, 0.4) is 0 Å². The van der Waals surface area contributed by atoms with Crippen LogP contribution < -0.4 is 4.90 Å². The molecule has 0 unspecified atom stereocenters. The number of benzene rings is 2. The average molecular weight is 552 g/mol. The minimum atomic E-state index is -0.0376. The predicted molar refractivity (Wildman–Crippen MR) is 148 cm³/mol. The lowest BCUT2D eigenvalue weighted by Crippen LogP contribution is -2.36. The van der Waals surface area contributed by atoms with Gasteiger partial charge in [-0.05, 0) is 95.6 Å². The Morgan fingerprint density at radius 2 is 1.77 bits per heavy atom. The van der Waals surface area contributed by atoms with E-state index in [9.17, 15) is 4.79 Å². The molecule has 3 heterocycles. The highest BCUT2D eigenvalue weighted by Crippen LogP contribution is 2.35. The molecule has 6 nitrogen and oxygen atoms in total. The van der Waals surface area contributed by atoms with Gasteiger partial charge in [-0.2, -0.15) is 0 Å². The number of anilines is 1. The lowest BCUT2D eigenvalue weighted by molar-refractivity contribution is -0.121. The van der Waals surface area contributed by atoms with Crippen molar-refractivity contribution in [3.05, 3.63) is 80.9 Å². The molecule has 2 aliphatic heterocycles. The number of aromatic nitrogens is 1. The van der Waals surface area contributed by atoms with Gasteiger partial charge >= 0.3 is 0 Å². The number of morpholine rings is 1. The summed E-state index contributed by atoms with van der Waals surface area (Å²) in [6, 6.07) is 18.4. The number of rotatable bonds is 4. The van der Waals surface area contributed by atoms with Crippen molar-refractivity contribution >= 4 is 56.2 Å². The monoisotopic (exact) mass is 550 g/mol. The number of thioether (sulfide) groups is 1. The van der Waals surface area contributed by atoms with Crippen LogP contribution in [0.25, 0.3) is 11.8 Å². The molecule has 1 aromatic heterocycles. The summed E-state index contributed by atoms with van der Waals surface area (Å²) in [6.07, 6.45) is 1.98. The van der Waals surface area contributed by atoms with E-state index in [1.54, 1.807) is 11.9 Å². The van der Waals surface area contributed by atoms with Gasteiger partial charge in [0, 0.05) is 41.7 Å². The van der Waals surface area contributed by atoms with Crippen LogP contribution in [0.4, 0.5) is 11.4 Å². The van der Waals surface area contributed by atoms with E-state index in [2.05, 4.69) is 63.5 Å². The van der Waals surface area contributed by atoms with E-state index in [4.69, 9.17) is 9.73 Å². The van der Waals surface area contributed by atoms with E-state index in [1.165, 1.54) is 17.4 Å². The third-order valence-corrected chi connectivity index (χ3v) is 8.04. The highest BCUT2D eigenvalue weighted by atomic mass is 79.9. The molecule has 0 spiro atoms. The molecular weight excluding hydrogens is 524 g/mol. The lowest BCUT2D eigenvalue weighted by Gasteiger charge is -2.28. The van der Waals surface area contributed by atoms with Crippen LogP contribution in [-0.4, -0.2) is 53.9 Å². The first kappa shape index (κ1) is 23.9. The van der Waals surface area contributed by atoms with Gasteiger partial charge in [0.05, 0.1) is 29.5 Å². The van der Waals surface area contributed by atoms with Gasteiger partial charge in [0.25, 0.3) is 5.91 Å². The maximum Gasteiger partial charge on any atom is 0.266 e. The van der Waals surface area contributed by atoms with E-state index in [1.807, 2.05) is 36.4 Å². The summed E-state index contributed by atoms with van der Waals surface area (Å²) < 4.78 is 8.67. The number of carbonyl (C=O) groups is 1. The van der Waals surface area contributed by atoms with Gasteiger partial charge in [-0.25, -0.2) is 4.99 Å². The fourth-order valence-electron chi connectivity index (χ4n) is 4.40. The Morgan fingerprint density at radius 3 is 2.49 bits per heavy atom. The quantitative estimate of drug-likeness (QED) is 0.378. The molecular formula is C27H27BrN4O2S. The van der Waals surface area contributed by atoms with Crippen molar-refractivity contribution in [1.29, 1.82) is 0 Å². The Labute approximate surface area is 218 Å². The molecule has 0 N–H and O–H groups in total. The van der Waals surface area contributed by atoms with E-state index >= 15 is 0 Å². The van der Waals surface area contributed by atoms with Crippen LogP contribution in [0.5, 0.6) is 0 Å². The van der Waals surface area contributed by atoms with Gasteiger partial charge < -0.3 is 14.2 Å². The molecule has 0 radical (unpaired) electrons. The van der Waals surface area contributed by atoms with E-state index in [0.29, 0.717) is 10.1 Å². The third kappa shape index (κ3) is 4.83. The Bertz CT molecular complexity index is 1320. The smallest absolute Gasteiger partial charge is 0.266 e. The highest BCUT2D eigenvalue weighted by Gasteiger charge is 2.31. The maximum absolute atomic E-state index is 13.0. The molecule has 180 valence electrons. The van der Waals surface area contributed by atoms with Gasteiger partial charge in [0.1, 0.15) is 0 Å². The first-order valence-electron chi connectivity index (χ1n) is 11.6. The molecule has 3 aromatic rings. The number of nitrogens with zero attached hydrogens (tertiary/aromatic N) is 4. The lowest BCUT2D eigenvalue weighted by atomic mass is 10.2. The Morgan fingerprint density at radius 1 is 1.06 bits per heavy atom. The third-order valence-electron chi connectivity index (χ3n) is 6.30. The molecule has 35 heavy (non-hydrogen) atoms. The highest BCUT2D eigenvalue weighted by molar-refractivity contribution is 9.10. The fraction of sp³-hybridized carbons (Fsp3) is 0.259. The molecule has 2 saturated heterocycles. The standard InChI is InChI=1S/C27H27BrN4O2S/c1-18-16-20(19(2)32(18)24-7-5-4-6-23(24)28)17-25-26(33)30(3)27(35-25)29-21-8-10-22(11-9-21)31-12-14-34-15-13-31/h4-11,16-17H,12-15H2,1-3H3/b25-17-,29-27?. The van der Waals surface area contributed by atoms with Crippen LogP contribution in [-0.2, 0) is 9.53 Å². The van der Waals surface area contributed by atoms with Gasteiger partial charge in [-0.15, -0.1) is 0 Å². The van der Waals surface area contributed by atoms with Crippen molar-refractivity contribution in [2.24, 2.45) is 4.99 Å². The minimum absolute atomic E-state index is 0.0376. The van der Waals surface area contributed by atoms with E-state index < -0.39 is 0 Å². The number of carbonyl (C=O) groups excluding carboxylic acids is 1. The van der Waals surface area contributed by atoms with Crippen molar-refractivity contribution in [2.75, 3.05) is 38.3 Å². The zero-order chi connectivity index (χ0) is 24.5. The number of amidine groups is 1. The zero-order valence-corrected chi connectivity index (χ0v) is 22.4. The zero-order valence-electron chi connectivity index (χ0n) is 20.0. The second kappa shape index (κ2) is 10.0. The van der Waals surface area contributed by atoms with Crippen molar-refractivity contribution in [1.82, 2.24) is 9.47 Å². The molecule has 0 aliphatic carbocycles. The second-order valence-electron chi connectivity index (χ2n) is 8.60. The molecule has 8 heteroatoms. The summed E-state index contributed by atoms with van der Waals surface area (Å²) in [5.74, 6) is -0.0376. The SMILES string of the molecule is Cc1cc(/C=C2\SC(=Nc3ccc(N4CCOCC4)cc3)N(C)C2=O)c(C)n1-c1ccccc1Br. The number of hydrogen-bond acceptors (Lipinski definition) is 5. The molecule has 2 fully saturated rings. The van der Waals surface area contributed by atoms with Gasteiger partial charge in [0.2, 0.25) is 0 Å². The summed E-state index contributed by atoms with van der Waals surface area (Å²) in [5.41, 5.74) is 6.30. The maximum atomic E-state index is 13.0. The molecule has 0 atom stereocenters. The number of hydrogen-bond donors (Lipinski definition) is 0. The molecule has 2 aliphatic rings. The summed E-state index contributed by atoms with van der Waals surface area (Å²) >= 11 is 5.07. The van der Waals surface area contributed by atoms with Crippen molar-refractivity contribution in [3.63, 3.8) is 0 Å². The number of amides is 1. The molecule has 0 saturated carbocycles. The Hall–Kier alpha value is -2.81. The van der Waals surface area contributed by atoms with Gasteiger partial charge in [-0.1, -0.05) is 12.1 Å². The van der Waals surface area contributed by atoms with Crippen LogP contribution >= 0.6 is 27.7 Å². The predicted octanol–water partition coefficient (Wildman–Crippen LogP) is 5.93. The first-order valence-corrected chi connectivity index (χ1v) is 13.2.